The van der Waals surface area contributed by atoms with Crippen LogP contribution in [0.3, 0.4) is 0 Å². The Hall–Kier alpha value is -1.74. The Morgan fingerprint density at radius 3 is 2.12 bits per heavy atom. The number of hydrogen-bond acceptors (Lipinski definition) is 3. The van der Waals surface area contributed by atoms with Crippen molar-refractivity contribution in [3.63, 3.8) is 0 Å². The van der Waals surface area contributed by atoms with E-state index in [1.807, 2.05) is 12.4 Å². The van der Waals surface area contributed by atoms with Crippen LogP contribution in [0.25, 0.3) is 11.1 Å². The molecule has 0 saturated heterocycles. The van der Waals surface area contributed by atoms with Gasteiger partial charge in [-0.25, -0.2) is 9.97 Å². The van der Waals surface area contributed by atoms with E-state index in [0.717, 1.165) is 29.8 Å². The molecule has 1 heterocycles. The number of nitrogens with two attached hydrogens (primary N) is 1. The van der Waals surface area contributed by atoms with E-state index < -0.39 is 0 Å². The van der Waals surface area contributed by atoms with Crippen LogP contribution in [0.15, 0.2) is 36.7 Å². The standard InChI is InChI=1S/C14H15N3/c1-10-2-4-11(5-3-10)12-8-16-13(17-9-12)14(15)6-7-14/h2-5,8-9H,6-7,15H2,1H3. The second-order valence-corrected chi connectivity index (χ2v) is 4.82. The summed E-state index contributed by atoms with van der Waals surface area (Å²) in [6.45, 7) is 2.08. The molecule has 0 aliphatic heterocycles. The minimum absolute atomic E-state index is 0.244. The third kappa shape index (κ3) is 1.94. The highest BCUT2D eigenvalue weighted by molar-refractivity contribution is 5.61. The maximum atomic E-state index is 6.05. The summed E-state index contributed by atoms with van der Waals surface area (Å²) in [6, 6.07) is 8.36. The molecule has 86 valence electrons. The Bertz CT molecular complexity index is 524. The van der Waals surface area contributed by atoms with Crippen molar-refractivity contribution < 1.29 is 0 Å². The van der Waals surface area contributed by atoms with E-state index in [-0.39, 0.29) is 5.54 Å². The molecule has 3 rings (SSSR count). The first-order chi connectivity index (χ1) is 8.17. The van der Waals surface area contributed by atoms with E-state index in [2.05, 4.69) is 41.2 Å². The molecule has 0 spiro atoms. The number of aryl methyl sites for hydroxylation is 1. The summed E-state index contributed by atoms with van der Waals surface area (Å²) < 4.78 is 0. The first-order valence-corrected chi connectivity index (χ1v) is 5.86. The molecule has 0 bridgehead atoms. The first-order valence-electron chi connectivity index (χ1n) is 5.86. The third-order valence-electron chi connectivity index (χ3n) is 3.27. The van der Waals surface area contributed by atoms with Crippen LogP contribution in [0, 0.1) is 6.92 Å². The van der Waals surface area contributed by atoms with Crippen molar-refractivity contribution in [2.45, 2.75) is 25.3 Å². The lowest BCUT2D eigenvalue weighted by Crippen LogP contribution is -2.21. The summed E-state index contributed by atoms with van der Waals surface area (Å²) in [5, 5.41) is 0. The van der Waals surface area contributed by atoms with Crippen molar-refractivity contribution in [3.05, 3.63) is 48.0 Å². The molecule has 2 aromatic rings. The van der Waals surface area contributed by atoms with Gasteiger partial charge in [-0.05, 0) is 25.3 Å². The van der Waals surface area contributed by atoms with Crippen LogP contribution >= 0.6 is 0 Å². The minimum atomic E-state index is -0.244. The molecule has 1 aromatic heterocycles. The van der Waals surface area contributed by atoms with Gasteiger partial charge in [0.25, 0.3) is 0 Å². The van der Waals surface area contributed by atoms with Crippen molar-refractivity contribution in [1.29, 1.82) is 0 Å². The maximum absolute atomic E-state index is 6.05. The fourth-order valence-corrected chi connectivity index (χ4v) is 1.84. The predicted molar refractivity (Wildman–Crippen MR) is 67.3 cm³/mol. The van der Waals surface area contributed by atoms with E-state index >= 15 is 0 Å². The average Bonchev–Trinajstić information content (AvgIpc) is 3.10. The van der Waals surface area contributed by atoms with Crippen molar-refractivity contribution in [2.75, 3.05) is 0 Å². The zero-order valence-electron chi connectivity index (χ0n) is 9.85. The summed E-state index contributed by atoms with van der Waals surface area (Å²) in [4.78, 5) is 8.75. The van der Waals surface area contributed by atoms with Crippen molar-refractivity contribution in [1.82, 2.24) is 9.97 Å². The lowest BCUT2D eigenvalue weighted by Gasteiger charge is -2.07. The van der Waals surface area contributed by atoms with Gasteiger partial charge in [-0.1, -0.05) is 29.8 Å². The predicted octanol–water partition coefficient (Wildman–Crippen LogP) is 2.40. The van der Waals surface area contributed by atoms with Gasteiger partial charge in [0.15, 0.2) is 0 Å². The molecular weight excluding hydrogens is 210 g/mol. The molecule has 0 unspecified atom stereocenters. The number of hydrogen-bond donors (Lipinski definition) is 1. The molecule has 1 aliphatic carbocycles. The summed E-state index contributed by atoms with van der Waals surface area (Å²) in [7, 11) is 0. The third-order valence-corrected chi connectivity index (χ3v) is 3.27. The van der Waals surface area contributed by atoms with Crippen molar-refractivity contribution >= 4 is 0 Å². The van der Waals surface area contributed by atoms with Crippen LogP contribution in [-0.4, -0.2) is 9.97 Å². The highest BCUT2D eigenvalue weighted by atomic mass is 15.0. The Balaban J connectivity index is 1.91. The molecular formula is C14H15N3. The molecule has 1 saturated carbocycles. The van der Waals surface area contributed by atoms with E-state index in [4.69, 9.17) is 5.73 Å². The van der Waals surface area contributed by atoms with Crippen LogP contribution in [0.2, 0.25) is 0 Å². The second-order valence-electron chi connectivity index (χ2n) is 4.82. The fraction of sp³-hybridized carbons (Fsp3) is 0.286. The number of nitrogens with zero attached hydrogens (tertiary/aromatic N) is 2. The monoisotopic (exact) mass is 225 g/mol. The lowest BCUT2D eigenvalue weighted by atomic mass is 10.1. The topological polar surface area (TPSA) is 51.8 Å². The molecule has 0 radical (unpaired) electrons. The molecule has 3 heteroatoms. The van der Waals surface area contributed by atoms with Gasteiger partial charge in [0.2, 0.25) is 0 Å². The Morgan fingerprint density at radius 1 is 1.00 bits per heavy atom. The van der Waals surface area contributed by atoms with Gasteiger partial charge >= 0.3 is 0 Å². The number of rotatable bonds is 2. The maximum Gasteiger partial charge on any atom is 0.148 e. The van der Waals surface area contributed by atoms with Crippen molar-refractivity contribution in [3.8, 4) is 11.1 Å². The zero-order chi connectivity index (χ0) is 11.9. The van der Waals surface area contributed by atoms with Crippen LogP contribution in [0.1, 0.15) is 24.2 Å². The van der Waals surface area contributed by atoms with Gasteiger partial charge in [0.05, 0.1) is 5.54 Å². The smallest absolute Gasteiger partial charge is 0.148 e. The SMILES string of the molecule is Cc1ccc(-c2cnc(C3(N)CC3)nc2)cc1. The zero-order valence-corrected chi connectivity index (χ0v) is 9.85. The van der Waals surface area contributed by atoms with Crippen molar-refractivity contribution in [2.24, 2.45) is 5.73 Å². The van der Waals surface area contributed by atoms with E-state index in [0.29, 0.717) is 0 Å². The largest absolute Gasteiger partial charge is 0.319 e. The molecule has 1 aromatic carbocycles. The second kappa shape index (κ2) is 3.64. The van der Waals surface area contributed by atoms with E-state index in [9.17, 15) is 0 Å². The quantitative estimate of drug-likeness (QED) is 0.853. The van der Waals surface area contributed by atoms with Crippen LogP contribution in [-0.2, 0) is 5.54 Å². The van der Waals surface area contributed by atoms with Crippen LogP contribution in [0.5, 0.6) is 0 Å². The van der Waals surface area contributed by atoms with Gasteiger partial charge in [-0.15, -0.1) is 0 Å². The van der Waals surface area contributed by atoms with Crippen LogP contribution < -0.4 is 5.73 Å². The van der Waals surface area contributed by atoms with E-state index in [1.54, 1.807) is 0 Å². The molecule has 2 N–H and O–H groups in total. The summed E-state index contributed by atoms with van der Waals surface area (Å²) in [6.07, 6.45) is 5.72. The lowest BCUT2D eigenvalue weighted by molar-refractivity contribution is 0.672. The van der Waals surface area contributed by atoms with E-state index in [1.165, 1.54) is 5.56 Å². The summed E-state index contributed by atoms with van der Waals surface area (Å²) >= 11 is 0. The Labute approximate surface area is 101 Å². The molecule has 0 atom stereocenters. The minimum Gasteiger partial charge on any atom is -0.319 e. The highest BCUT2D eigenvalue weighted by Gasteiger charge is 2.42. The number of aromatic nitrogens is 2. The number of benzene rings is 1. The van der Waals surface area contributed by atoms with Gasteiger partial charge in [-0.3, -0.25) is 0 Å². The fourth-order valence-electron chi connectivity index (χ4n) is 1.84. The van der Waals surface area contributed by atoms with Gasteiger partial charge < -0.3 is 5.73 Å². The normalized spacial score (nSPS) is 16.8. The van der Waals surface area contributed by atoms with Gasteiger partial charge in [0.1, 0.15) is 5.82 Å². The molecule has 0 amide bonds. The molecule has 17 heavy (non-hydrogen) atoms. The Kier molecular flexibility index (Phi) is 2.23. The average molecular weight is 225 g/mol. The highest BCUT2D eigenvalue weighted by Crippen LogP contribution is 2.40. The first kappa shape index (κ1) is 10.4. The molecule has 1 aliphatic rings. The summed E-state index contributed by atoms with van der Waals surface area (Å²) in [5.41, 5.74) is 9.24. The van der Waals surface area contributed by atoms with Gasteiger partial charge in [0, 0.05) is 18.0 Å². The van der Waals surface area contributed by atoms with Crippen LogP contribution in [0.4, 0.5) is 0 Å². The Morgan fingerprint density at radius 2 is 1.59 bits per heavy atom. The van der Waals surface area contributed by atoms with Gasteiger partial charge in [-0.2, -0.15) is 0 Å². The molecule has 3 nitrogen and oxygen atoms in total. The molecule has 1 fully saturated rings. The summed E-state index contributed by atoms with van der Waals surface area (Å²) in [5.74, 6) is 0.772.